The average molecular weight is 435 g/mol. The van der Waals surface area contributed by atoms with Gasteiger partial charge < -0.3 is 14.5 Å². The summed E-state index contributed by atoms with van der Waals surface area (Å²) in [5.74, 6) is 1.06. The van der Waals surface area contributed by atoms with Crippen molar-refractivity contribution < 1.29 is 13.9 Å². The van der Waals surface area contributed by atoms with Crippen LogP contribution in [0.3, 0.4) is 0 Å². The zero-order chi connectivity index (χ0) is 22.0. The molecule has 1 aromatic heterocycles. The van der Waals surface area contributed by atoms with Gasteiger partial charge in [-0.15, -0.1) is 0 Å². The fourth-order valence-corrected chi connectivity index (χ4v) is 3.49. The third kappa shape index (κ3) is 5.06. The maximum atomic E-state index is 12.2. The van der Waals surface area contributed by atoms with Crippen molar-refractivity contribution >= 4 is 34.3 Å². The van der Waals surface area contributed by atoms with E-state index in [2.05, 4.69) is 10.3 Å². The molecule has 0 spiro atoms. The average Bonchev–Trinajstić information content (AvgIpc) is 3.13. The normalized spacial score (nSPS) is 11.0. The summed E-state index contributed by atoms with van der Waals surface area (Å²) in [5, 5.41) is 3.56. The molecule has 5 nitrogen and oxygen atoms in total. The molecule has 1 N–H and O–H groups in total. The lowest BCUT2D eigenvalue weighted by molar-refractivity contribution is -0.118. The monoisotopic (exact) mass is 434 g/mol. The lowest BCUT2D eigenvalue weighted by atomic mass is 10.1. The Kier molecular flexibility index (Phi) is 5.96. The zero-order valence-corrected chi connectivity index (χ0v) is 18.4. The summed E-state index contributed by atoms with van der Waals surface area (Å²) < 4.78 is 11.4. The van der Waals surface area contributed by atoms with Crippen LogP contribution in [-0.2, 0) is 11.2 Å². The SMILES string of the molecule is Cc1ccc2oc(Cc3ccc(NC(=O)COc4cc(C)c(Cl)c(C)c4)cc3)nc2c1. The molecule has 0 saturated heterocycles. The van der Waals surface area contributed by atoms with Crippen LogP contribution in [0.15, 0.2) is 59.0 Å². The summed E-state index contributed by atoms with van der Waals surface area (Å²) in [7, 11) is 0. The first-order valence-electron chi connectivity index (χ1n) is 10.0. The number of nitrogens with zero attached hydrogens (tertiary/aromatic N) is 1. The summed E-state index contributed by atoms with van der Waals surface area (Å²) in [4.78, 5) is 16.8. The smallest absolute Gasteiger partial charge is 0.262 e. The number of nitrogens with one attached hydrogen (secondary N) is 1. The number of carbonyl (C=O) groups excluding carboxylic acids is 1. The molecule has 1 amide bonds. The number of hydrogen-bond acceptors (Lipinski definition) is 4. The Bertz CT molecular complexity index is 1220. The summed E-state index contributed by atoms with van der Waals surface area (Å²) in [6.07, 6.45) is 0.584. The van der Waals surface area contributed by atoms with Crippen LogP contribution in [0, 0.1) is 20.8 Å². The van der Waals surface area contributed by atoms with Crippen molar-refractivity contribution in [3.63, 3.8) is 0 Å². The van der Waals surface area contributed by atoms with E-state index in [1.807, 2.05) is 75.4 Å². The van der Waals surface area contributed by atoms with E-state index in [1.54, 1.807) is 0 Å². The molecule has 0 aliphatic rings. The van der Waals surface area contributed by atoms with Crippen molar-refractivity contribution in [3.05, 3.63) is 87.8 Å². The van der Waals surface area contributed by atoms with Crippen molar-refractivity contribution in [3.8, 4) is 5.75 Å². The molecule has 0 atom stereocenters. The number of halogens is 1. The van der Waals surface area contributed by atoms with Crippen LogP contribution < -0.4 is 10.1 Å². The van der Waals surface area contributed by atoms with Crippen molar-refractivity contribution in [1.29, 1.82) is 0 Å². The minimum absolute atomic E-state index is 0.0788. The van der Waals surface area contributed by atoms with Gasteiger partial charge in [-0.05, 0) is 79.4 Å². The predicted molar refractivity (Wildman–Crippen MR) is 123 cm³/mol. The Morgan fingerprint density at radius 1 is 1.03 bits per heavy atom. The minimum Gasteiger partial charge on any atom is -0.484 e. The predicted octanol–water partition coefficient (Wildman–Crippen LogP) is 6.01. The van der Waals surface area contributed by atoms with Gasteiger partial charge in [-0.1, -0.05) is 29.8 Å². The molecule has 0 radical (unpaired) electrons. The fraction of sp³-hybridized carbons (Fsp3) is 0.200. The topological polar surface area (TPSA) is 64.4 Å². The number of aromatic nitrogens is 1. The van der Waals surface area contributed by atoms with Crippen LogP contribution in [0.5, 0.6) is 5.75 Å². The third-order valence-corrected chi connectivity index (χ3v) is 5.56. The molecular weight excluding hydrogens is 412 g/mol. The molecule has 0 fully saturated rings. The van der Waals surface area contributed by atoms with Crippen molar-refractivity contribution in [1.82, 2.24) is 4.98 Å². The molecule has 6 heteroatoms. The van der Waals surface area contributed by atoms with Gasteiger partial charge in [-0.2, -0.15) is 0 Å². The quantitative estimate of drug-likeness (QED) is 0.403. The molecule has 158 valence electrons. The highest BCUT2D eigenvalue weighted by molar-refractivity contribution is 6.32. The lowest BCUT2D eigenvalue weighted by Gasteiger charge is -2.10. The molecule has 4 rings (SSSR count). The van der Waals surface area contributed by atoms with Gasteiger partial charge >= 0.3 is 0 Å². The van der Waals surface area contributed by atoms with E-state index >= 15 is 0 Å². The highest BCUT2D eigenvalue weighted by atomic mass is 35.5. The molecule has 0 unspecified atom stereocenters. The standard InChI is InChI=1S/C25H23ClN2O3/c1-15-4-9-22-21(10-15)28-24(31-22)13-18-5-7-19(8-6-18)27-23(29)14-30-20-11-16(2)25(26)17(3)12-20/h4-12H,13-14H2,1-3H3,(H,27,29). The number of rotatable bonds is 6. The van der Waals surface area contributed by atoms with Gasteiger partial charge in [0.1, 0.15) is 11.3 Å². The summed E-state index contributed by atoms with van der Waals surface area (Å²) in [6, 6.07) is 17.2. The number of oxazole rings is 1. The van der Waals surface area contributed by atoms with E-state index in [9.17, 15) is 4.79 Å². The summed E-state index contributed by atoms with van der Waals surface area (Å²) in [6.45, 7) is 5.77. The second kappa shape index (κ2) is 8.82. The van der Waals surface area contributed by atoms with Gasteiger partial charge in [0.2, 0.25) is 0 Å². The number of carbonyl (C=O) groups is 1. The van der Waals surface area contributed by atoms with Crippen LogP contribution in [-0.4, -0.2) is 17.5 Å². The van der Waals surface area contributed by atoms with Crippen molar-refractivity contribution in [2.45, 2.75) is 27.2 Å². The number of benzene rings is 3. The van der Waals surface area contributed by atoms with Gasteiger partial charge in [-0.25, -0.2) is 4.98 Å². The third-order valence-electron chi connectivity index (χ3n) is 4.96. The first-order chi connectivity index (χ1) is 14.9. The van der Waals surface area contributed by atoms with Gasteiger partial charge in [0, 0.05) is 17.1 Å². The Morgan fingerprint density at radius 3 is 2.45 bits per heavy atom. The Hall–Kier alpha value is -3.31. The second-order valence-electron chi connectivity index (χ2n) is 7.66. The number of aryl methyl sites for hydroxylation is 3. The number of ether oxygens (including phenoxy) is 1. The van der Waals surface area contributed by atoms with Crippen LogP contribution in [0.2, 0.25) is 5.02 Å². The van der Waals surface area contributed by atoms with E-state index in [0.29, 0.717) is 28.8 Å². The largest absolute Gasteiger partial charge is 0.484 e. The van der Waals surface area contributed by atoms with E-state index in [-0.39, 0.29) is 12.5 Å². The lowest BCUT2D eigenvalue weighted by Crippen LogP contribution is -2.20. The van der Waals surface area contributed by atoms with E-state index in [4.69, 9.17) is 20.8 Å². The highest BCUT2D eigenvalue weighted by Gasteiger charge is 2.09. The second-order valence-corrected chi connectivity index (χ2v) is 8.04. The molecule has 4 aromatic rings. The molecular formula is C25H23ClN2O3. The minimum atomic E-state index is -0.229. The first kappa shape index (κ1) is 20.9. The molecule has 0 bridgehead atoms. The van der Waals surface area contributed by atoms with Gasteiger partial charge in [0.05, 0.1) is 0 Å². The number of fused-ring (bicyclic) bond motifs is 1. The molecule has 0 aliphatic heterocycles. The van der Waals surface area contributed by atoms with Gasteiger partial charge in [0.15, 0.2) is 18.1 Å². The zero-order valence-electron chi connectivity index (χ0n) is 17.7. The Balaban J connectivity index is 1.34. The molecule has 1 heterocycles. The van der Waals surface area contributed by atoms with E-state index < -0.39 is 0 Å². The van der Waals surface area contributed by atoms with Crippen LogP contribution in [0.25, 0.3) is 11.1 Å². The van der Waals surface area contributed by atoms with E-state index in [0.717, 1.165) is 33.4 Å². The Labute approximate surface area is 186 Å². The van der Waals surface area contributed by atoms with Crippen LogP contribution >= 0.6 is 11.6 Å². The number of hydrogen-bond donors (Lipinski definition) is 1. The molecule has 0 aliphatic carbocycles. The van der Waals surface area contributed by atoms with Crippen LogP contribution in [0.4, 0.5) is 5.69 Å². The maximum absolute atomic E-state index is 12.2. The fourth-order valence-electron chi connectivity index (χ4n) is 3.38. The van der Waals surface area contributed by atoms with E-state index in [1.165, 1.54) is 0 Å². The van der Waals surface area contributed by atoms with Crippen molar-refractivity contribution in [2.75, 3.05) is 11.9 Å². The number of anilines is 1. The maximum Gasteiger partial charge on any atom is 0.262 e. The first-order valence-corrected chi connectivity index (χ1v) is 10.4. The molecule has 0 saturated carbocycles. The number of amides is 1. The summed E-state index contributed by atoms with van der Waals surface area (Å²) >= 11 is 6.17. The highest BCUT2D eigenvalue weighted by Crippen LogP contribution is 2.26. The molecule has 31 heavy (non-hydrogen) atoms. The Morgan fingerprint density at radius 2 is 1.74 bits per heavy atom. The van der Waals surface area contributed by atoms with Crippen LogP contribution in [0.1, 0.15) is 28.1 Å². The summed E-state index contributed by atoms with van der Waals surface area (Å²) in [5.41, 5.74) is 6.39. The van der Waals surface area contributed by atoms with Crippen molar-refractivity contribution in [2.24, 2.45) is 0 Å². The van der Waals surface area contributed by atoms with Gasteiger partial charge in [0.25, 0.3) is 5.91 Å². The van der Waals surface area contributed by atoms with Gasteiger partial charge in [-0.3, -0.25) is 4.79 Å². The molecule has 3 aromatic carbocycles.